The maximum Gasteiger partial charge on any atom is 0.200 e. The first-order chi connectivity index (χ1) is 19.2. The zero-order chi connectivity index (χ0) is 26.7. The standard InChI is InChI=1S/C35H28O3P.BrH/c1-37-27-23-21-26(22-24-27)35-32(34(36)31-19-11-12-20-33(31)38-35)25-39(28-13-5-2-6-14-28,29-15-7-3-8-16-29)30-17-9-4-10-18-30;/h2-24H,25H2,1H3;1H/q+1;/p-1. The summed E-state index contributed by atoms with van der Waals surface area (Å²) in [7, 11) is -0.680. The van der Waals surface area contributed by atoms with E-state index in [-0.39, 0.29) is 22.4 Å². The number of hydrogen-bond donors (Lipinski definition) is 0. The molecule has 0 fully saturated rings. The third kappa shape index (κ3) is 5.01. The number of fused-ring (bicyclic) bond motifs is 1. The lowest BCUT2D eigenvalue weighted by Crippen LogP contribution is -3.00. The summed E-state index contributed by atoms with van der Waals surface area (Å²) in [6.45, 7) is 0. The van der Waals surface area contributed by atoms with E-state index in [2.05, 4.69) is 72.8 Å². The van der Waals surface area contributed by atoms with Crippen molar-refractivity contribution >= 4 is 34.1 Å². The predicted molar refractivity (Wildman–Crippen MR) is 163 cm³/mol. The van der Waals surface area contributed by atoms with E-state index in [1.54, 1.807) is 7.11 Å². The second-order valence-corrected chi connectivity index (χ2v) is 12.9. The summed E-state index contributed by atoms with van der Waals surface area (Å²) in [6.07, 6.45) is 0.527. The molecule has 5 aromatic carbocycles. The molecule has 1 heterocycles. The van der Waals surface area contributed by atoms with Crippen LogP contribution >= 0.6 is 7.26 Å². The molecule has 5 heteroatoms. The first kappa shape index (κ1) is 27.6. The van der Waals surface area contributed by atoms with Crippen LogP contribution in [0, 0.1) is 0 Å². The van der Waals surface area contributed by atoms with Crippen LogP contribution in [0.2, 0.25) is 0 Å². The Kier molecular flexibility index (Phi) is 8.30. The summed E-state index contributed by atoms with van der Waals surface area (Å²) in [6, 6.07) is 47.1. The topological polar surface area (TPSA) is 39.4 Å². The summed E-state index contributed by atoms with van der Waals surface area (Å²) in [5, 5.41) is 4.25. The van der Waals surface area contributed by atoms with Crippen LogP contribution in [0.4, 0.5) is 0 Å². The Morgan fingerprint density at radius 1 is 0.625 bits per heavy atom. The van der Waals surface area contributed by atoms with Crippen molar-refractivity contribution < 1.29 is 26.1 Å². The van der Waals surface area contributed by atoms with Crippen LogP contribution in [0.15, 0.2) is 149 Å². The van der Waals surface area contributed by atoms with Gasteiger partial charge >= 0.3 is 0 Å². The highest BCUT2D eigenvalue weighted by molar-refractivity contribution is 7.95. The molecule has 0 amide bonds. The average Bonchev–Trinajstić information content (AvgIpc) is 3.02. The zero-order valence-corrected chi connectivity index (χ0v) is 24.5. The van der Waals surface area contributed by atoms with Crippen LogP contribution in [-0.2, 0) is 6.16 Å². The van der Waals surface area contributed by atoms with Crippen molar-refractivity contribution in [3.05, 3.63) is 155 Å². The average molecular weight is 607 g/mol. The number of hydrogen-bond acceptors (Lipinski definition) is 3. The van der Waals surface area contributed by atoms with Gasteiger partial charge in [-0.2, -0.15) is 0 Å². The van der Waals surface area contributed by atoms with E-state index < -0.39 is 7.26 Å². The van der Waals surface area contributed by atoms with Gasteiger partial charge in [0.2, 0.25) is 0 Å². The summed E-state index contributed by atoms with van der Waals surface area (Å²) in [4.78, 5) is 14.4. The Morgan fingerprint density at radius 2 is 1.10 bits per heavy atom. The molecule has 0 bridgehead atoms. The maximum atomic E-state index is 14.4. The van der Waals surface area contributed by atoms with Gasteiger partial charge in [-0.25, -0.2) is 0 Å². The second-order valence-electron chi connectivity index (χ2n) is 9.44. The second kappa shape index (κ2) is 12.0. The number of para-hydroxylation sites is 1. The fourth-order valence-electron chi connectivity index (χ4n) is 5.31. The number of ether oxygens (including phenoxy) is 1. The Morgan fingerprint density at radius 3 is 1.60 bits per heavy atom. The highest BCUT2D eigenvalue weighted by Crippen LogP contribution is 2.58. The molecule has 1 aromatic heterocycles. The van der Waals surface area contributed by atoms with Gasteiger partial charge in [0.05, 0.1) is 18.1 Å². The lowest BCUT2D eigenvalue weighted by molar-refractivity contribution is -0.00000831. The molecule has 3 nitrogen and oxygen atoms in total. The van der Waals surface area contributed by atoms with E-state index in [0.29, 0.717) is 28.5 Å². The number of halogens is 1. The Bertz CT molecular complexity index is 1670. The monoisotopic (exact) mass is 606 g/mol. The molecule has 0 aliphatic rings. The number of benzene rings is 5. The van der Waals surface area contributed by atoms with Gasteiger partial charge in [0.15, 0.2) is 5.43 Å². The van der Waals surface area contributed by atoms with Crippen molar-refractivity contribution in [1.82, 2.24) is 0 Å². The van der Waals surface area contributed by atoms with Crippen molar-refractivity contribution in [1.29, 1.82) is 0 Å². The summed E-state index contributed by atoms with van der Waals surface area (Å²) < 4.78 is 12.0. The van der Waals surface area contributed by atoms with E-state index in [4.69, 9.17) is 9.15 Å². The third-order valence-corrected chi connectivity index (χ3v) is 11.6. The van der Waals surface area contributed by atoms with Gasteiger partial charge in [-0.15, -0.1) is 0 Å². The Balaban J connectivity index is 0.00000323. The lowest BCUT2D eigenvalue weighted by Gasteiger charge is -2.28. The molecule has 40 heavy (non-hydrogen) atoms. The van der Waals surface area contributed by atoms with E-state index in [1.165, 1.54) is 15.9 Å². The zero-order valence-electron chi connectivity index (χ0n) is 22.0. The van der Waals surface area contributed by atoms with E-state index in [1.807, 2.05) is 66.7 Å². The molecule has 0 aliphatic carbocycles. The molecule has 0 saturated heterocycles. The molecule has 0 spiro atoms. The molecular formula is C35H28BrO3P. The first-order valence-electron chi connectivity index (χ1n) is 12.9. The van der Waals surface area contributed by atoms with Gasteiger partial charge < -0.3 is 26.1 Å². The van der Waals surface area contributed by atoms with Crippen LogP contribution in [0.1, 0.15) is 5.56 Å². The van der Waals surface area contributed by atoms with Crippen molar-refractivity contribution in [2.24, 2.45) is 0 Å². The maximum absolute atomic E-state index is 14.4. The van der Waals surface area contributed by atoms with Crippen LogP contribution in [0.5, 0.6) is 5.75 Å². The molecule has 0 N–H and O–H groups in total. The number of methoxy groups -OCH3 is 1. The van der Waals surface area contributed by atoms with Gasteiger partial charge in [-0.1, -0.05) is 66.7 Å². The smallest absolute Gasteiger partial charge is 0.200 e. The van der Waals surface area contributed by atoms with Crippen LogP contribution in [0.25, 0.3) is 22.3 Å². The summed E-state index contributed by atoms with van der Waals surface area (Å²) >= 11 is 0. The van der Waals surface area contributed by atoms with Gasteiger partial charge in [-0.05, 0) is 72.8 Å². The van der Waals surface area contributed by atoms with E-state index in [0.717, 1.165) is 11.3 Å². The predicted octanol–water partition coefficient (Wildman–Crippen LogP) is 3.97. The molecule has 0 saturated carbocycles. The van der Waals surface area contributed by atoms with Crippen molar-refractivity contribution in [2.45, 2.75) is 6.16 Å². The Hall–Kier alpha value is -3.98. The molecule has 0 radical (unpaired) electrons. The van der Waals surface area contributed by atoms with Crippen LogP contribution < -0.4 is 43.1 Å². The molecular weight excluding hydrogens is 579 g/mol. The van der Waals surface area contributed by atoms with Gasteiger partial charge in [0, 0.05) is 5.56 Å². The normalized spacial score (nSPS) is 11.1. The number of rotatable bonds is 7. The minimum atomic E-state index is -2.33. The highest BCUT2D eigenvalue weighted by Gasteiger charge is 2.47. The summed E-state index contributed by atoms with van der Waals surface area (Å²) in [5.74, 6) is 1.36. The molecule has 198 valence electrons. The molecule has 6 rings (SSSR count). The van der Waals surface area contributed by atoms with E-state index >= 15 is 0 Å². The minimum absolute atomic E-state index is 0. The highest BCUT2D eigenvalue weighted by atomic mass is 79.9. The molecule has 0 aliphatic heterocycles. The van der Waals surface area contributed by atoms with Crippen LogP contribution in [0.3, 0.4) is 0 Å². The van der Waals surface area contributed by atoms with Gasteiger partial charge in [0.1, 0.15) is 46.4 Å². The quantitative estimate of drug-likeness (QED) is 0.258. The van der Waals surface area contributed by atoms with Crippen LogP contribution in [-0.4, -0.2) is 7.11 Å². The molecule has 6 aromatic rings. The largest absolute Gasteiger partial charge is 1.00 e. The SMILES string of the molecule is COc1ccc(-c2oc3ccccc3c(=O)c2C[P+](c2ccccc2)(c2ccccc2)c2ccccc2)cc1.[Br-]. The Labute approximate surface area is 245 Å². The fraction of sp³-hybridized carbons (Fsp3) is 0.0571. The van der Waals surface area contributed by atoms with Gasteiger partial charge in [0.25, 0.3) is 0 Å². The van der Waals surface area contributed by atoms with E-state index in [9.17, 15) is 4.79 Å². The van der Waals surface area contributed by atoms with Crippen molar-refractivity contribution in [3.63, 3.8) is 0 Å². The molecule has 0 atom stereocenters. The fourth-order valence-corrected chi connectivity index (χ4v) is 9.55. The lowest BCUT2D eigenvalue weighted by atomic mass is 10.1. The van der Waals surface area contributed by atoms with Crippen molar-refractivity contribution in [3.8, 4) is 17.1 Å². The van der Waals surface area contributed by atoms with Crippen molar-refractivity contribution in [2.75, 3.05) is 7.11 Å². The van der Waals surface area contributed by atoms with Gasteiger partial charge in [-0.3, -0.25) is 4.79 Å². The minimum Gasteiger partial charge on any atom is -1.00 e. The molecule has 0 unspecified atom stereocenters. The summed E-state index contributed by atoms with van der Waals surface area (Å²) in [5.41, 5.74) is 2.12. The first-order valence-corrected chi connectivity index (χ1v) is 14.9. The third-order valence-electron chi connectivity index (χ3n) is 7.23.